The van der Waals surface area contributed by atoms with Crippen LogP contribution in [0, 0.1) is 5.92 Å². The number of aryl methyl sites for hydroxylation is 1. The molecule has 0 amide bonds. The molecule has 0 radical (unpaired) electrons. The lowest BCUT2D eigenvalue weighted by atomic mass is 9.83. The summed E-state index contributed by atoms with van der Waals surface area (Å²) < 4.78 is 63.3. The number of hydrogen-bond acceptors (Lipinski definition) is 8. The Morgan fingerprint density at radius 1 is 0.886 bits per heavy atom. The third kappa shape index (κ3) is 7.39. The summed E-state index contributed by atoms with van der Waals surface area (Å²) in [7, 11) is -3.40. The van der Waals surface area contributed by atoms with E-state index in [0.717, 1.165) is 44.1 Å². The monoisotopic (exact) mass is 625 g/mol. The van der Waals surface area contributed by atoms with Gasteiger partial charge in [-0.25, -0.2) is 26.9 Å². The van der Waals surface area contributed by atoms with Gasteiger partial charge in [-0.05, 0) is 55.7 Å². The molecule has 10 nitrogen and oxygen atoms in total. The van der Waals surface area contributed by atoms with Crippen molar-refractivity contribution in [1.29, 1.82) is 0 Å². The number of anilines is 1. The van der Waals surface area contributed by atoms with Crippen molar-refractivity contribution < 1.29 is 21.9 Å². The van der Waals surface area contributed by atoms with Crippen LogP contribution >= 0.6 is 0 Å². The largest absolute Gasteiger partial charge is 0.378 e. The molecule has 44 heavy (non-hydrogen) atoms. The van der Waals surface area contributed by atoms with Crippen LogP contribution in [0.4, 0.5) is 14.7 Å². The predicted molar refractivity (Wildman–Crippen MR) is 163 cm³/mol. The molecule has 1 N–H and O–H groups in total. The van der Waals surface area contributed by atoms with E-state index in [9.17, 15) is 17.2 Å². The van der Waals surface area contributed by atoms with Gasteiger partial charge in [0.25, 0.3) is 6.43 Å². The highest BCUT2D eigenvalue weighted by Gasteiger charge is 2.26. The minimum atomic E-state index is -3.40. The number of ether oxygens (including phenoxy) is 1. The number of sulfonamides is 1. The van der Waals surface area contributed by atoms with Crippen molar-refractivity contribution in [2.24, 2.45) is 5.92 Å². The summed E-state index contributed by atoms with van der Waals surface area (Å²) in [5.74, 6) is 1.22. The van der Waals surface area contributed by atoms with Crippen LogP contribution in [0.3, 0.4) is 0 Å². The van der Waals surface area contributed by atoms with Crippen molar-refractivity contribution in [3.05, 3.63) is 71.8 Å². The molecule has 0 spiro atoms. The number of imidazole rings is 1. The van der Waals surface area contributed by atoms with Crippen molar-refractivity contribution in [2.45, 2.75) is 63.2 Å². The first-order valence-corrected chi connectivity index (χ1v) is 16.9. The standard InChI is InChI=1S/C31H37F2N7O3S/c32-28(33)29-34-25-10-4-5-11-26(25)40(29)31-36-27(35-30(37-31)39-17-19-43-20-18-39)12-6-9-22-13-15-24(16-14-22)38-44(41,42)21-23-7-2-1-3-8-23/h1-5,7-8,10-11,22,24,28,38H,6,9,12-21H2. The Morgan fingerprint density at radius 2 is 1.59 bits per heavy atom. The Labute approximate surface area is 256 Å². The van der Waals surface area contributed by atoms with Crippen molar-refractivity contribution >= 4 is 27.0 Å². The SMILES string of the molecule is O=S(=O)(Cc1ccccc1)NC1CCC(CCCc2nc(N3CCOCC3)nc(-n3c(C(F)F)nc4ccccc43)n2)CC1. The molecule has 234 valence electrons. The molecule has 2 aromatic heterocycles. The van der Waals surface area contributed by atoms with Crippen LogP contribution in [0.5, 0.6) is 0 Å². The average Bonchev–Trinajstić information content (AvgIpc) is 3.43. The van der Waals surface area contributed by atoms with Gasteiger partial charge in [0.05, 0.1) is 30.0 Å². The molecule has 13 heteroatoms. The van der Waals surface area contributed by atoms with E-state index in [-0.39, 0.29) is 17.7 Å². The molecule has 6 rings (SSSR count). The fraction of sp³-hybridized carbons (Fsp3) is 0.484. The Hall–Kier alpha value is -3.55. The molecule has 0 unspecified atom stereocenters. The molecule has 2 aromatic carbocycles. The number of hydrogen-bond donors (Lipinski definition) is 1. The van der Waals surface area contributed by atoms with E-state index in [1.165, 1.54) is 4.57 Å². The zero-order chi connectivity index (χ0) is 30.5. The highest BCUT2D eigenvalue weighted by atomic mass is 32.2. The molecule has 1 saturated heterocycles. The van der Waals surface area contributed by atoms with Crippen LogP contribution in [-0.4, -0.2) is 65.3 Å². The lowest BCUT2D eigenvalue weighted by Crippen LogP contribution is -2.38. The summed E-state index contributed by atoms with van der Waals surface area (Å²) in [5.41, 5.74) is 1.75. The average molecular weight is 626 g/mol. The zero-order valence-electron chi connectivity index (χ0n) is 24.5. The lowest BCUT2D eigenvalue weighted by Gasteiger charge is -2.29. The maximum atomic E-state index is 14.1. The molecule has 1 aliphatic heterocycles. The van der Waals surface area contributed by atoms with Gasteiger partial charge >= 0.3 is 0 Å². The Bertz CT molecular complexity index is 1660. The van der Waals surface area contributed by atoms with Gasteiger partial charge in [0.2, 0.25) is 21.9 Å². The number of nitrogens with one attached hydrogen (secondary N) is 1. The van der Waals surface area contributed by atoms with Gasteiger partial charge in [-0.2, -0.15) is 15.0 Å². The molecular formula is C31H37F2N7O3S. The van der Waals surface area contributed by atoms with Gasteiger partial charge in [0.15, 0.2) is 5.82 Å². The first kappa shape index (κ1) is 30.5. The second-order valence-corrected chi connectivity index (χ2v) is 13.3. The van der Waals surface area contributed by atoms with Crippen LogP contribution in [0.25, 0.3) is 17.0 Å². The number of fused-ring (bicyclic) bond motifs is 1. The second-order valence-electron chi connectivity index (χ2n) is 11.5. The molecule has 0 bridgehead atoms. The zero-order valence-corrected chi connectivity index (χ0v) is 25.3. The molecule has 4 aromatic rings. The topological polar surface area (TPSA) is 115 Å². The minimum Gasteiger partial charge on any atom is -0.378 e. The first-order chi connectivity index (χ1) is 21.3. The number of morpholine rings is 1. The van der Waals surface area contributed by atoms with Crippen molar-refractivity contribution in [3.8, 4) is 5.95 Å². The lowest BCUT2D eigenvalue weighted by molar-refractivity contribution is 0.122. The Morgan fingerprint density at radius 3 is 2.34 bits per heavy atom. The maximum Gasteiger partial charge on any atom is 0.296 e. The van der Waals surface area contributed by atoms with Crippen LogP contribution in [-0.2, 0) is 26.9 Å². The van der Waals surface area contributed by atoms with Gasteiger partial charge in [0.1, 0.15) is 5.82 Å². The molecule has 1 aliphatic carbocycles. The summed E-state index contributed by atoms with van der Waals surface area (Å²) in [6.45, 7) is 2.29. The van der Waals surface area contributed by atoms with Gasteiger partial charge in [-0.3, -0.25) is 4.57 Å². The predicted octanol–water partition coefficient (Wildman–Crippen LogP) is 4.99. The number of alkyl halides is 2. The molecule has 2 fully saturated rings. The summed E-state index contributed by atoms with van der Waals surface area (Å²) >= 11 is 0. The highest BCUT2D eigenvalue weighted by Crippen LogP contribution is 2.30. The molecule has 1 saturated carbocycles. The summed E-state index contributed by atoms with van der Waals surface area (Å²) in [6.07, 6.45) is 3.05. The second kappa shape index (κ2) is 13.6. The van der Waals surface area contributed by atoms with E-state index >= 15 is 0 Å². The summed E-state index contributed by atoms with van der Waals surface area (Å²) in [6, 6.07) is 16.2. The quantitative estimate of drug-likeness (QED) is 0.248. The van der Waals surface area contributed by atoms with E-state index in [0.29, 0.717) is 61.4 Å². The van der Waals surface area contributed by atoms with Crippen LogP contribution in [0.15, 0.2) is 54.6 Å². The van der Waals surface area contributed by atoms with E-state index in [2.05, 4.69) is 19.7 Å². The Kier molecular flexibility index (Phi) is 9.43. The van der Waals surface area contributed by atoms with Crippen LogP contribution in [0.1, 0.15) is 62.2 Å². The van der Waals surface area contributed by atoms with E-state index in [4.69, 9.17) is 9.72 Å². The molecule has 3 heterocycles. The number of benzene rings is 2. The van der Waals surface area contributed by atoms with Crippen molar-refractivity contribution in [2.75, 3.05) is 31.2 Å². The summed E-state index contributed by atoms with van der Waals surface area (Å²) in [4.78, 5) is 20.2. The van der Waals surface area contributed by atoms with Crippen LogP contribution in [0.2, 0.25) is 0 Å². The van der Waals surface area contributed by atoms with Gasteiger partial charge in [0, 0.05) is 25.6 Å². The first-order valence-electron chi connectivity index (χ1n) is 15.2. The smallest absolute Gasteiger partial charge is 0.296 e. The fourth-order valence-corrected chi connectivity index (χ4v) is 7.58. The van der Waals surface area contributed by atoms with Crippen LogP contribution < -0.4 is 9.62 Å². The van der Waals surface area contributed by atoms with E-state index < -0.39 is 22.3 Å². The number of aromatic nitrogens is 5. The number of nitrogens with zero attached hydrogens (tertiary/aromatic N) is 6. The maximum absolute atomic E-state index is 14.1. The number of para-hydroxylation sites is 2. The van der Waals surface area contributed by atoms with E-state index in [1.54, 1.807) is 24.3 Å². The third-order valence-corrected chi connectivity index (χ3v) is 9.75. The highest BCUT2D eigenvalue weighted by molar-refractivity contribution is 7.88. The van der Waals surface area contributed by atoms with Gasteiger partial charge in [-0.1, -0.05) is 48.9 Å². The normalized spacial score (nSPS) is 19.6. The van der Waals surface area contributed by atoms with Gasteiger partial charge < -0.3 is 9.64 Å². The van der Waals surface area contributed by atoms with Gasteiger partial charge in [-0.15, -0.1) is 0 Å². The Balaban J connectivity index is 1.11. The van der Waals surface area contributed by atoms with Crippen molar-refractivity contribution in [1.82, 2.24) is 29.2 Å². The molecular weight excluding hydrogens is 588 g/mol. The number of halogens is 2. The molecule has 0 atom stereocenters. The third-order valence-electron chi connectivity index (χ3n) is 8.34. The van der Waals surface area contributed by atoms with Crippen molar-refractivity contribution in [3.63, 3.8) is 0 Å². The number of rotatable bonds is 11. The minimum absolute atomic E-state index is 0.0121. The molecule has 2 aliphatic rings. The summed E-state index contributed by atoms with van der Waals surface area (Å²) in [5, 5.41) is 0. The fourth-order valence-electron chi connectivity index (χ4n) is 6.12. The van der Waals surface area contributed by atoms with E-state index in [1.807, 2.05) is 35.2 Å².